The van der Waals surface area contributed by atoms with Gasteiger partial charge in [-0.15, -0.1) is 0 Å². The number of rotatable bonds is 0. The third-order valence-corrected chi connectivity index (χ3v) is 0.726. The normalized spacial score (nSPS) is 23.2. The molecule has 0 bridgehead atoms. The third kappa shape index (κ3) is 1.17. The summed E-state index contributed by atoms with van der Waals surface area (Å²) in [5.74, 6) is 5.18. The first-order valence-electron chi connectivity index (χ1n) is 2.15. The van der Waals surface area contributed by atoms with E-state index in [1.807, 2.05) is 0 Å². The Kier molecular flexibility index (Phi) is 1.45. The quantitative estimate of drug-likeness (QED) is 0.278. The predicted octanol–water partition coefficient (Wildman–Crippen LogP) is -1.85. The van der Waals surface area contributed by atoms with Gasteiger partial charge in [-0.2, -0.15) is 5.43 Å². The van der Waals surface area contributed by atoms with Gasteiger partial charge >= 0.3 is 0 Å². The standard InChI is InChI=1S/C3H8N5/c4-3-1-2-6-8(5)7-3/h1-2,6-7H,4-5H2. The van der Waals surface area contributed by atoms with Crippen molar-refractivity contribution in [2.45, 2.75) is 0 Å². The zero-order valence-corrected chi connectivity index (χ0v) is 4.26. The molecule has 1 heterocycles. The fourth-order valence-electron chi connectivity index (χ4n) is 0.416. The average molecular weight is 114 g/mol. The van der Waals surface area contributed by atoms with Gasteiger partial charge in [-0.25, -0.2) is 5.84 Å². The Bertz CT molecular complexity index is 99.8. The lowest BCUT2D eigenvalue weighted by Crippen LogP contribution is -2.56. The Morgan fingerprint density at radius 2 is 2.38 bits per heavy atom. The van der Waals surface area contributed by atoms with Crippen molar-refractivity contribution in [3.8, 4) is 0 Å². The molecule has 6 N–H and O–H groups in total. The van der Waals surface area contributed by atoms with Crippen LogP contribution in [0.15, 0.2) is 12.3 Å². The van der Waals surface area contributed by atoms with E-state index in [-0.39, 0.29) is 0 Å². The fourth-order valence-corrected chi connectivity index (χ4v) is 0.416. The van der Waals surface area contributed by atoms with Gasteiger partial charge < -0.3 is 5.73 Å². The first-order chi connectivity index (χ1) is 3.79. The van der Waals surface area contributed by atoms with Crippen LogP contribution in [0, 0.1) is 6.17 Å². The van der Waals surface area contributed by atoms with Crippen LogP contribution in [0.2, 0.25) is 0 Å². The van der Waals surface area contributed by atoms with Crippen molar-refractivity contribution in [1.82, 2.24) is 16.1 Å². The maximum absolute atomic E-state index is 5.28. The maximum atomic E-state index is 5.28. The van der Waals surface area contributed by atoms with Crippen LogP contribution in [0.3, 0.4) is 0 Å². The van der Waals surface area contributed by atoms with E-state index in [1.165, 1.54) is 0 Å². The van der Waals surface area contributed by atoms with Crippen molar-refractivity contribution in [3.05, 3.63) is 18.4 Å². The Labute approximate surface area is 47.2 Å². The van der Waals surface area contributed by atoms with E-state index >= 15 is 0 Å². The molecule has 0 saturated carbocycles. The van der Waals surface area contributed by atoms with E-state index < -0.39 is 0 Å². The first kappa shape index (κ1) is 5.52. The number of hydrogen-bond acceptors (Lipinski definition) is 5. The number of nitrogens with two attached hydrogens (primary N) is 2. The number of nitrogens with one attached hydrogen (secondary N) is 2. The summed E-state index contributed by atoms with van der Waals surface area (Å²) in [6, 6.07) is 0. The molecule has 0 aliphatic carbocycles. The van der Waals surface area contributed by atoms with E-state index in [4.69, 9.17) is 11.6 Å². The van der Waals surface area contributed by atoms with Crippen LogP contribution in [-0.2, 0) is 0 Å². The Balaban J connectivity index is 2.42. The number of hydrazine groups is 3. The van der Waals surface area contributed by atoms with Gasteiger partial charge in [0.15, 0.2) is 0 Å². The smallest absolute Gasteiger partial charge is 0.140 e. The summed E-state index contributed by atoms with van der Waals surface area (Å²) in [5, 5.41) is 1.16. The van der Waals surface area contributed by atoms with Gasteiger partial charge in [0.2, 0.25) is 0 Å². The second-order valence-electron chi connectivity index (χ2n) is 1.40. The van der Waals surface area contributed by atoms with Crippen molar-refractivity contribution in [1.29, 1.82) is 0 Å². The van der Waals surface area contributed by atoms with Crippen molar-refractivity contribution >= 4 is 0 Å². The van der Waals surface area contributed by atoms with Gasteiger partial charge in [0.25, 0.3) is 0 Å². The minimum absolute atomic E-state index is 0.520. The highest BCUT2D eigenvalue weighted by molar-refractivity contribution is 5.03. The minimum Gasteiger partial charge on any atom is -0.306 e. The largest absolute Gasteiger partial charge is 0.306 e. The van der Waals surface area contributed by atoms with E-state index in [1.54, 1.807) is 12.3 Å². The molecular weight excluding hydrogens is 106 g/mol. The van der Waals surface area contributed by atoms with Crippen LogP contribution >= 0.6 is 0 Å². The lowest BCUT2D eigenvalue weighted by molar-refractivity contribution is 0.142. The predicted molar refractivity (Wildman–Crippen MR) is 28.9 cm³/mol. The Hall–Kier alpha value is -0.620. The van der Waals surface area contributed by atoms with E-state index in [9.17, 15) is 0 Å². The molecular formula is C3H8N5. The topological polar surface area (TPSA) is 79.3 Å². The Morgan fingerprint density at radius 1 is 1.62 bits per heavy atom. The monoisotopic (exact) mass is 114 g/mol. The van der Waals surface area contributed by atoms with Crippen molar-refractivity contribution in [3.63, 3.8) is 0 Å². The van der Waals surface area contributed by atoms with Gasteiger partial charge in [0.1, 0.15) is 6.17 Å². The molecule has 5 heteroatoms. The molecule has 0 amide bonds. The molecule has 0 aromatic rings. The van der Waals surface area contributed by atoms with Crippen LogP contribution in [-0.4, -0.2) is 5.23 Å². The van der Waals surface area contributed by atoms with Gasteiger partial charge in [0.05, 0.1) is 0 Å². The van der Waals surface area contributed by atoms with E-state index in [2.05, 4.69) is 10.9 Å². The summed E-state index contributed by atoms with van der Waals surface area (Å²) in [4.78, 5) is 0. The van der Waals surface area contributed by atoms with Crippen LogP contribution in [0.25, 0.3) is 0 Å². The van der Waals surface area contributed by atoms with Crippen molar-refractivity contribution < 1.29 is 0 Å². The minimum atomic E-state index is 0.520. The second-order valence-corrected chi connectivity index (χ2v) is 1.40. The van der Waals surface area contributed by atoms with Crippen LogP contribution in [0.5, 0.6) is 0 Å². The van der Waals surface area contributed by atoms with Crippen LogP contribution in [0.1, 0.15) is 0 Å². The van der Waals surface area contributed by atoms with Crippen molar-refractivity contribution in [2.24, 2.45) is 11.6 Å². The number of hydrogen-bond donors (Lipinski definition) is 4. The Morgan fingerprint density at radius 3 is 2.75 bits per heavy atom. The van der Waals surface area contributed by atoms with Crippen LogP contribution < -0.4 is 22.4 Å². The van der Waals surface area contributed by atoms with Gasteiger partial charge in [-0.1, -0.05) is 5.23 Å². The summed E-state index contributed by atoms with van der Waals surface area (Å²) in [5.41, 5.74) is 10.5. The molecule has 0 aromatic carbocycles. The molecule has 1 aliphatic heterocycles. The molecule has 8 heavy (non-hydrogen) atoms. The molecule has 5 nitrogen and oxygen atoms in total. The zero-order chi connectivity index (χ0) is 5.98. The van der Waals surface area contributed by atoms with E-state index in [0.29, 0.717) is 6.17 Å². The third-order valence-electron chi connectivity index (χ3n) is 0.726. The summed E-state index contributed by atoms with van der Waals surface area (Å²) < 4.78 is 0. The van der Waals surface area contributed by atoms with E-state index in [0.717, 1.165) is 5.23 Å². The first-order valence-corrected chi connectivity index (χ1v) is 2.15. The second kappa shape index (κ2) is 2.10. The highest BCUT2D eigenvalue weighted by Gasteiger charge is 2.04. The molecule has 1 radical (unpaired) electrons. The molecule has 0 saturated heterocycles. The van der Waals surface area contributed by atoms with Crippen molar-refractivity contribution in [2.75, 3.05) is 0 Å². The fraction of sp³-hybridized carbons (Fsp3) is 0. The highest BCUT2D eigenvalue weighted by Crippen LogP contribution is 1.88. The average Bonchev–Trinajstić information content (AvgIpc) is 1.64. The highest BCUT2D eigenvalue weighted by atomic mass is 15.9. The molecule has 0 spiro atoms. The molecule has 1 aliphatic rings. The summed E-state index contributed by atoms with van der Waals surface area (Å²) in [6.07, 6.45) is 3.82. The molecule has 0 unspecified atom stereocenters. The molecule has 0 aromatic heterocycles. The summed E-state index contributed by atoms with van der Waals surface area (Å²) >= 11 is 0. The molecule has 45 valence electrons. The van der Waals surface area contributed by atoms with Gasteiger partial charge in [0, 0.05) is 6.20 Å². The lowest BCUT2D eigenvalue weighted by atomic mass is 10.5. The summed E-state index contributed by atoms with van der Waals surface area (Å²) in [6.45, 7) is 0. The SMILES string of the molecule is N[C]1C=CNN(N)N1. The van der Waals surface area contributed by atoms with Crippen LogP contribution in [0.4, 0.5) is 0 Å². The molecule has 0 atom stereocenters. The zero-order valence-electron chi connectivity index (χ0n) is 4.26. The number of nitrogens with zero attached hydrogens (tertiary/aromatic N) is 1. The molecule has 1 rings (SSSR count). The molecule has 0 fully saturated rings. The van der Waals surface area contributed by atoms with Gasteiger partial charge in [-0.05, 0) is 6.08 Å². The van der Waals surface area contributed by atoms with Gasteiger partial charge in [-0.3, -0.25) is 5.43 Å². The maximum Gasteiger partial charge on any atom is 0.140 e. The lowest BCUT2D eigenvalue weighted by Gasteiger charge is -2.22. The summed E-state index contributed by atoms with van der Waals surface area (Å²) in [7, 11) is 0.